The summed E-state index contributed by atoms with van der Waals surface area (Å²) < 4.78 is 0. The highest BCUT2D eigenvalue weighted by atomic mass is 16.2. The van der Waals surface area contributed by atoms with E-state index in [9.17, 15) is 4.79 Å². The molecule has 1 aromatic rings. The summed E-state index contributed by atoms with van der Waals surface area (Å²) in [4.78, 5) is 12.8. The van der Waals surface area contributed by atoms with Gasteiger partial charge in [0.1, 0.15) is 0 Å². The van der Waals surface area contributed by atoms with Crippen LogP contribution in [-0.2, 0) is 4.79 Å². The number of hydrogen-bond donors (Lipinski definition) is 1. The number of rotatable bonds is 3. The Morgan fingerprint density at radius 2 is 2.10 bits per heavy atom. The van der Waals surface area contributed by atoms with Crippen molar-refractivity contribution in [1.82, 2.24) is 5.32 Å². The second-order valence-corrected chi connectivity index (χ2v) is 7.16. The van der Waals surface area contributed by atoms with Crippen molar-refractivity contribution in [3.8, 4) is 0 Å². The third-order valence-electron chi connectivity index (χ3n) is 5.43. The molecular weight excluding hydrogens is 258 g/mol. The normalized spacial score (nSPS) is 31.4. The van der Waals surface area contributed by atoms with Crippen LogP contribution in [0.25, 0.3) is 0 Å². The lowest BCUT2D eigenvalue weighted by Crippen LogP contribution is -2.42. The van der Waals surface area contributed by atoms with Gasteiger partial charge >= 0.3 is 0 Å². The molecule has 4 atom stereocenters. The Morgan fingerprint density at radius 3 is 2.67 bits per heavy atom. The van der Waals surface area contributed by atoms with Gasteiger partial charge in [-0.2, -0.15) is 0 Å². The van der Waals surface area contributed by atoms with Crippen molar-refractivity contribution in [3.05, 3.63) is 47.0 Å². The molecular formula is C19H25NO. The number of aryl methyl sites for hydroxylation is 2. The molecule has 2 heteroatoms. The molecule has 0 aliphatic heterocycles. The zero-order valence-corrected chi connectivity index (χ0v) is 13.4. The molecule has 1 amide bonds. The lowest BCUT2D eigenvalue weighted by Gasteiger charge is -2.31. The fourth-order valence-corrected chi connectivity index (χ4v) is 4.11. The van der Waals surface area contributed by atoms with Crippen molar-refractivity contribution >= 4 is 5.91 Å². The van der Waals surface area contributed by atoms with E-state index in [1.807, 2.05) is 0 Å². The summed E-state index contributed by atoms with van der Waals surface area (Å²) in [5, 5.41) is 3.25. The Hall–Kier alpha value is -1.57. The molecule has 0 aromatic heterocycles. The second-order valence-electron chi connectivity index (χ2n) is 7.16. The molecule has 0 radical (unpaired) electrons. The molecule has 1 saturated carbocycles. The third-order valence-corrected chi connectivity index (χ3v) is 5.43. The van der Waals surface area contributed by atoms with Gasteiger partial charge in [-0.05, 0) is 56.6 Å². The average molecular weight is 283 g/mol. The highest BCUT2D eigenvalue weighted by Crippen LogP contribution is 2.52. The molecule has 4 unspecified atom stereocenters. The van der Waals surface area contributed by atoms with Gasteiger partial charge in [0.25, 0.3) is 0 Å². The second kappa shape index (κ2) is 5.01. The first kappa shape index (κ1) is 14.4. The number of amides is 1. The summed E-state index contributed by atoms with van der Waals surface area (Å²) >= 11 is 0. The van der Waals surface area contributed by atoms with E-state index in [1.54, 1.807) is 0 Å². The van der Waals surface area contributed by atoms with E-state index in [4.69, 9.17) is 0 Å². The highest BCUT2D eigenvalue weighted by molar-refractivity contribution is 5.84. The number of fused-ring (bicyclic) bond motifs is 2. The van der Waals surface area contributed by atoms with E-state index in [2.05, 4.69) is 63.4 Å². The summed E-state index contributed by atoms with van der Waals surface area (Å²) in [6.07, 6.45) is 6.68. The van der Waals surface area contributed by atoms with Crippen molar-refractivity contribution in [3.63, 3.8) is 0 Å². The smallest absolute Gasteiger partial charge is 0.227 e. The van der Waals surface area contributed by atoms with Crippen LogP contribution in [0, 0.1) is 31.1 Å². The van der Waals surface area contributed by atoms with Gasteiger partial charge in [-0.25, -0.2) is 0 Å². The van der Waals surface area contributed by atoms with Gasteiger partial charge < -0.3 is 5.32 Å². The van der Waals surface area contributed by atoms with Crippen LogP contribution >= 0.6 is 0 Å². The fourth-order valence-electron chi connectivity index (χ4n) is 4.11. The molecule has 0 saturated heterocycles. The Bertz CT molecular complexity index is 604. The molecule has 21 heavy (non-hydrogen) atoms. The van der Waals surface area contributed by atoms with Gasteiger partial charge in [-0.15, -0.1) is 0 Å². The van der Waals surface area contributed by atoms with Gasteiger partial charge in [-0.3, -0.25) is 4.79 Å². The Kier molecular flexibility index (Phi) is 3.43. The predicted molar refractivity (Wildman–Crippen MR) is 85.9 cm³/mol. The van der Waals surface area contributed by atoms with Gasteiger partial charge in [0.15, 0.2) is 0 Å². The maximum atomic E-state index is 12.8. The maximum Gasteiger partial charge on any atom is 0.227 e. The van der Waals surface area contributed by atoms with Crippen LogP contribution in [0.3, 0.4) is 0 Å². The molecule has 2 aliphatic rings. The zero-order chi connectivity index (χ0) is 15.2. The molecule has 2 bridgehead atoms. The number of benzene rings is 1. The fraction of sp³-hybridized carbons (Fsp3) is 0.526. The predicted octanol–water partition coefficient (Wildman–Crippen LogP) is 4.08. The number of carbonyl (C=O) groups is 1. The number of nitrogens with one attached hydrogen (secondary N) is 1. The summed E-state index contributed by atoms with van der Waals surface area (Å²) in [7, 11) is 0. The number of hydrogen-bond acceptors (Lipinski definition) is 1. The van der Waals surface area contributed by atoms with Crippen molar-refractivity contribution in [2.45, 2.75) is 46.6 Å². The Morgan fingerprint density at radius 1 is 1.33 bits per heavy atom. The van der Waals surface area contributed by atoms with E-state index in [0.717, 1.165) is 12.8 Å². The lowest BCUT2D eigenvalue weighted by atomic mass is 9.76. The minimum atomic E-state index is -0.216. The van der Waals surface area contributed by atoms with E-state index >= 15 is 0 Å². The Labute approximate surface area is 127 Å². The topological polar surface area (TPSA) is 29.1 Å². The van der Waals surface area contributed by atoms with Crippen LogP contribution in [0.2, 0.25) is 0 Å². The third kappa shape index (κ3) is 2.41. The van der Waals surface area contributed by atoms with Crippen molar-refractivity contribution in [2.75, 3.05) is 0 Å². The first-order valence-electron chi connectivity index (χ1n) is 7.96. The molecule has 2 aliphatic carbocycles. The SMILES string of the molecule is Cc1ccc(C(C)NC(=O)C2(C)CC3C=CC2C3)c(C)c1. The van der Waals surface area contributed by atoms with E-state index < -0.39 is 0 Å². The van der Waals surface area contributed by atoms with Crippen LogP contribution in [0.5, 0.6) is 0 Å². The van der Waals surface area contributed by atoms with Crippen LogP contribution in [0.1, 0.15) is 49.4 Å². The summed E-state index contributed by atoms with van der Waals surface area (Å²) in [5.41, 5.74) is 3.52. The standard InChI is InChI=1S/C19H25NO/c1-12-5-8-17(13(2)9-12)14(3)20-18(21)19(4)11-15-6-7-16(19)10-15/h5-9,14-16H,10-11H2,1-4H3,(H,20,21). The van der Waals surface area contributed by atoms with Gasteiger partial charge in [0.05, 0.1) is 11.5 Å². The van der Waals surface area contributed by atoms with Crippen molar-refractivity contribution < 1.29 is 4.79 Å². The Balaban J connectivity index is 1.74. The summed E-state index contributed by atoms with van der Waals surface area (Å²) in [5.74, 6) is 1.25. The van der Waals surface area contributed by atoms with Crippen LogP contribution in [0.15, 0.2) is 30.4 Å². The number of allylic oxidation sites excluding steroid dienone is 2. The van der Waals surface area contributed by atoms with Crippen LogP contribution in [0.4, 0.5) is 0 Å². The minimum Gasteiger partial charge on any atom is -0.349 e. The molecule has 2 nitrogen and oxygen atoms in total. The molecule has 3 rings (SSSR count). The van der Waals surface area contributed by atoms with Gasteiger partial charge in [0, 0.05) is 0 Å². The maximum absolute atomic E-state index is 12.8. The van der Waals surface area contributed by atoms with Crippen molar-refractivity contribution in [1.29, 1.82) is 0 Å². The lowest BCUT2D eigenvalue weighted by molar-refractivity contribution is -0.132. The molecule has 0 heterocycles. The van der Waals surface area contributed by atoms with Gasteiger partial charge in [0.2, 0.25) is 5.91 Å². The quantitative estimate of drug-likeness (QED) is 0.832. The monoisotopic (exact) mass is 283 g/mol. The first-order valence-corrected chi connectivity index (χ1v) is 7.96. The number of carbonyl (C=O) groups excluding carboxylic acids is 1. The largest absolute Gasteiger partial charge is 0.349 e. The zero-order valence-electron chi connectivity index (χ0n) is 13.4. The first-order chi connectivity index (χ1) is 9.90. The molecule has 1 aromatic carbocycles. The summed E-state index contributed by atoms with van der Waals surface area (Å²) in [6, 6.07) is 6.50. The minimum absolute atomic E-state index is 0.0676. The molecule has 1 N–H and O–H groups in total. The molecule has 112 valence electrons. The van der Waals surface area contributed by atoms with E-state index in [0.29, 0.717) is 11.8 Å². The van der Waals surface area contributed by atoms with Crippen molar-refractivity contribution in [2.24, 2.45) is 17.3 Å². The van der Waals surface area contributed by atoms with Crippen LogP contribution < -0.4 is 5.32 Å². The van der Waals surface area contributed by atoms with E-state index in [-0.39, 0.29) is 17.4 Å². The van der Waals surface area contributed by atoms with Crippen LogP contribution in [-0.4, -0.2) is 5.91 Å². The average Bonchev–Trinajstić information content (AvgIpc) is 2.98. The van der Waals surface area contributed by atoms with E-state index in [1.165, 1.54) is 16.7 Å². The summed E-state index contributed by atoms with van der Waals surface area (Å²) in [6.45, 7) is 8.43. The molecule has 1 fully saturated rings. The molecule has 0 spiro atoms. The van der Waals surface area contributed by atoms with Gasteiger partial charge in [-0.1, -0.05) is 42.8 Å². The highest BCUT2D eigenvalue weighted by Gasteiger charge is 2.50.